The summed E-state index contributed by atoms with van der Waals surface area (Å²) in [5, 5.41) is 3.42. The number of hydrogen-bond acceptors (Lipinski definition) is 2. The van der Waals surface area contributed by atoms with Crippen molar-refractivity contribution in [3.63, 3.8) is 0 Å². The first-order valence-corrected chi connectivity index (χ1v) is 8.42. The summed E-state index contributed by atoms with van der Waals surface area (Å²) in [6.07, 6.45) is 1.23. The van der Waals surface area contributed by atoms with E-state index >= 15 is 0 Å². The summed E-state index contributed by atoms with van der Waals surface area (Å²) in [6, 6.07) is 19.6. The highest BCUT2D eigenvalue weighted by Gasteiger charge is 2.14. The van der Waals surface area contributed by atoms with Gasteiger partial charge >= 0.3 is 0 Å². The van der Waals surface area contributed by atoms with E-state index in [-0.39, 0.29) is 0 Å². The van der Waals surface area contributed by atoms with Crippen LogP contribution in [0.15, 0.2) is 54.6 Å². The first-order chi connectivity index (χ1) is 10.8. The Morgan fingerprint density at radius 1 is 0.955 bits per heavy atom. The van der Waals surface area contributed by atoms with E-state index in [1.165, 1.54) is 42.7 Å². The van der Waals surface area contributed by atoms with Crippen LogP contribution in [0.4, 0.5) is 0 Å². The molecule has 2 heteroatoms. The highest BCUT2D eigenvalue weighted by atomic mass is 15.2. The third kappa shape index (κ3) is 3.76. The minimum Gasteiger partial charge on any atom is -0.314 e. The molecule has 0 radical (unpaired) electrons. The molecule has 2 aromatic carbocycles. The van der Waals surface area contributed by atoms with Crippen molar-refractivity contribution in [2.45, 2.75) is 19.3 Å². The van der Waals surface area contributed by atoms with Gasteiger partial charge in [0.1, 0.15) is 0 Å². The first kappa shape index (κ1) is 15.3. The van der Waals surface area contributed by atoms with Crippen LogP contribution in [0.5, 0.6) is 0 Å². The molecule has 1 aliphatic heterocycles. The van der Waals surface area contributed by atoms with Gasteiger partial charge in [-0.05, 0) is 35.6 Å². The molecule has 1 aliphatic rings. The summed E-state index contributed by atoms with van der Waals surface area (Å²) in [6.45, 7) is 8.21. The van der Waals surface area contributed by atoms with Crippen molar-refractivity contribution >= 4 is 0 Å². The number of hydrogen-bond donors (Lipinski definition) is 1. The molecule has 0 amide bonds. The maximum atomic E-state index is 3.42. The molecular weight excluding hydrogens is 268 g/mol. The maximum Gasteiger partial charge on any atom is 0.0107 e. The molecule has 1 heterocycles. The topological polar surface area (TPSA) is 15.3 Å². The van der Waals surface area contributed by atoms with Crippen molar-refractivity contribution in [3.05, 3.63) is 60.2 Å². The van der Waals surface area contributed by atoms with Crippen molar-refractivity contribution in [2.24, 2.45) is 0 Å². The van der Waals surface area contributed by atoms with Crippen LogP contribution < -0.4 is 5.32 Å². The van der Waals surface area contributed by atoms with Crippen molar-refractivity contribution in [3.8, 4) is 11.1 Å². The lowest BCUT2D eigenvalue weighted by atomic mass is 9.89. The Balaban J connectivity index is 1.71. The Morgan fingerprint density at radius 3 is 2.41 bits per heavy atom. The van der Waals surface area contributed by atoms with Crippen LogP contribution in [0.2, 0.25) is 0 Å². The minimum atomic E-state index is 0.589. The Morgan fingerprint density at radius 2 is 1.64 bits per heavy atom. The van der Waals surface area contributed by atoms with E-state index in [1.54, 1.807) is 0 Å². The summed E-state index contributed by atoms with van der Waals surface area (Å²) in [5.74, 6) is 0.589. The van der Waals surface area contributed by atoms with Crippen LogP contribution in [0, 0.1) is 0 Å². The van der Waals surface area contributed by atoms with Crippen LogP contribution in [0.1, 0.15) is 24.8 Å². The highest BCUT2D eigenvalue weighted by Crippen LogP contribution is 2.30. The molecule has 0 aliphatic carbocycles. The summed E-state index contributed by atoms with van der Waals surface area (Å²) >= 11 is 0. The monoisotopic (exact) mass is 294 g/mol. The van der Waals surface area contributed by atoms with Gasteiger partial charge in [0, 0.05) is 26.2 Å². The van der Waals surface area contributed by atoms with Gasteiger partial charge in [0.2, 0.25) is 0 Å². The minimum absolute atomic E-state index is 0.589. The molecular formula is C20H26N2. The molecule has 1 N–H and O–H groups in total. The quantitative estimate of drug-likeness (QED) is 0.903. The van der Waals surface area contributed by atoms with Crippen LogP contribution in [0.3, 0.4) is 0 Å². The Bertz CT molecular complexity index is 573. The fourth-order valence-corrected chi connectivity index (χ4v) is 3.27. The molecule has 1 saturated heterocycles. The van der Waals surface area contributed by atoms with E-state index in [4.69, 9.17) is 0 Å². The third-order valence-corrected chi connectivity index (χ3v) is 4.66. The Kier molecular flexibility index (Phi) is 5.25. The second kappa shape index (κ2) is 7.57. The van der Waals surface area contributed by atoms with Crippen molar-refractivity contribution in [1.82, 2.24) is 10.2 Å². The fraction of sp³-hybridized carbons (Fsp3) is 0.400. The first-order valence-electron chi connectivity index (χ1n) is 8.42. The van der Waals surface area contributed by atoms with Crippen LogP contribution >= 0.6 is 0 Å². The van der Waals surface area contributed by atoms with Gasteiger partial charge in [-0.2, -0.15) is 0 Å². The lowest BCUT2D eigenvalue weighted by Crippen LogP contribution is -2.43. The van der Waals surface area contributed by atoms with Gasteiger partial charge in [-0.1, -0.05) is 61.5 Å². The molecule has 0 aromatic heterocycles. The van der Waals surface area contributed by atoms with Gasteiger partial charge in [-0.15, -0.1) is 0 Å². The summed E-state index contributed by atoms with van der Waals surface area (Å²) < 4.78 is 0. The summed E-state index contributed by atoms with van der Waals surface area (Å²) in [4.78, 5) is 2.58. The molecule has 22 heavy (non-hydrogen) atoms. The maximum absolute atomic E-state index is 3.42. The van der Waals surface area contributed by atoms with E-state index in [0.29, 0.717) is 5.92 Å². The number of rotatable bonds is 5. The van der Waals surface area contributed by atoms with E-state index in [2.05, 4.69) is 71.7 Å². The van der Waals surface area contributed by atoms with Crippen LogP contribution in [-0.4, -0.2) is 37.6 Å². The van der Waals surface area contributed by atoms with Crippen LogP contribution in [-0.2, 0) is 0 Å². The average molecular weight is 294 g/mol. The van der Waals surface area contributed by atoms with E-state index in [0.717, 1.165) is 13.1 Å². The van der Waals surface area contributed by atoms with Gasteiger partial charge in [0.25, 0.3) is 0 Å². The highest BCUT2D eigenvalue weighted by molar-refractivity contribution is 5.67. The number of benzene rings is 2. The van der Waals surface area contributed by atoms with Gasteiger partial charge in [-0.3, -0.25) is 0 Å². The molecule has 2 nitrogen and oxygen atoms in total. The standard InChI is InChI=1S/C20H26N2/c1-17(11-14-22-15-12-21-13-16-22)19-9-5-6-10-20(19)18-7-3-2-4-8-18/h2-10,17,21H,11-16H2,1H3. The molecule has 1 unspecified atom stereocenters. The fourth-order valence-electron chi connectivity index (χ4n) is 3.27. The molecule has 1 fully saturated rings. The van der Waals surface area contributed by atoms with Gasteiger partial charge in [0.05, 0.1) is 0 Å². The summed E-state index contributed by atoms with van der Waals surface area (Å²) in [5.41, 5.74) is 4.19. The second-order valence-corrected chi connectivity index (χ2v) is 6.23. The zero-order valence-corrected chi connectivity index (χ0v) is 13.5. The normalized spacial score (nSPS) is 17.3. The molecule has 0 bridgehead atoms. The van der Waals surface area contributed by atoms with Crippen LogP contribution in [0.25, 0.3) is 11.1 Å². The van der Waals surface area contributed by atoms with Crippen molar-refractivity contribution in [2.75, 3.05) is 32.7 Å². The van der Waals surface area contributed by atoms with Crippen molar-refractivity contribution < 1.29 is 0 Å². The largest absolute Gasteiger partial charge is 0.314 e. The van der Waals surface area contributed by atoms with Gasteiger partial charge in [-0.25, -0.2) is 0 Å². The number of piperazine rings is 1. The van der Waals surface area contributed by atoms with E-state index in [9.17, 15) is 0 Å². The van der Waals surface area contributed by atoms with E-state index < -0.39 is 0 Å². The predicted molar refractivity (Wildman–Crippen MR) is 94.2 cm³/mol. The predicted octanol–water partition coefficient (Wildman–Crippen LogP) is 3.75. The SMILES string of the molecule is CC(CCN1CCNCC1)c1ccccc1-c1ccccc1. The molecule has 2 aromatic rings. The summed E-state index contributed by atoms with van der Waals surface area (Å²) in [7, 11) is 0. The smallest absolute Gasteiger partial charge is 0.0107 e. The number of nitrogens with zero attached hydrogens (tertiary/aromatic N) is 1. The molecule has 116 valence electrons. The zero-order valence-electron chi connectivity index (χ0n) is 13.5. The van der Waals surface area contributed by atoms with E-state index in [1.807, 2.05) is 0 Å². The Labute approximate surface area is 134 Å². The molecule has 3 rings (SSSR count). The number of nitrogens with one attached hydrogen (secondary N) is 1. The molecule has 1 atom stereocenters. The van der Waals surface area contributed by atoms with Crippen molar-refractivity contribution in [1.29, 1.82) is 0 Å². The van der Waals surface area contributed by atoms with Gasteiger partial charge < -0.3 is 10.2 Å². The lowest BCUT2D eigenvalue weighted by Gasteiger charge is -2.28. The second-order valence-electron chi connectivity index (χ2n) is 6.23. The molecule has 0 spiro atoms. The average Bonchev–Trinajstić information content (AvgIpc) is 2.61. The molecule has 0 saturated carbocycles. The van der Waals surface area contributed by atoms with Gasteiger partial charge in [0.15, 0.2) is 0 Å². The lowest BCUT2D eigenvalue weighted by molar-refractivity contribution is 0.234. The third-order valence-electron chi connectivity index (χ3n) is 4.66. The Hall–Kier alpha value is -1.64. The zero-order chi connectivity index (χ0) is 15.2.